The van der Waals surface area contributed by atoms with Crippen LogP contribution in [0.1, 0.15) is 56.6 Å². The lowest BCUT2D eigenvalue weighted by Crippen LogP contribution is -2.48. The number of imidazole rings is 1. The zero-order valence-corrected chi connectivity index (χ0v) is 24.5. The van der Waals surface area contributed by atoms with Crippen LogP contribution in [0.4, 0.5) is 25.0 Å². The molecule has 13 heteroatoms. The van der Waals surface area contributed by atoms with Crippen molar-refractivity contribution >= 4 is 39.9 Å². The van der Waals surface area contributed by atoms with Gasteiger partial charge in [-0.15, -0.1) is 0 Å². The highest BCUT2D eigenvalue weighted by atomic mass is 19.1. The minimum absolute atomic E-state index is 0.0113. The summed E-state index contributed by atoms with van der Waals surface area (Å²) in [5, 5.41) is 10.00. The van der Waals surface area contributed by atoms with Gasteiger partial charge in [0.2, 0.25) is 5.82 Å². The van der Waals surface area contributed by atoms with Gasteiger partial charge >= 0.3 is 6.09 Å². The molecule has 0 spiro atoms. The summed E-state index contributed by atoms with van der Waals surface area (Å²) in [6.07, 6.45) is 5.60. The number of methoxy groups -OCH3 is 1. The number of rotatable bonds is 6. The maximum absolute atomic E-state index is 15.7. The Kier molecular flexibility index (Phi) is 7.69. The van der Waals surface area contributed by atoms with Gasteiger partial charge in [0.25, 0.3) is 5.91 Å². The second-order valence-corrected chi connectivity index (χ2v) is 11.4. The number of aryl methyl sites for hydroxylation is 1. The standard InChI is InChI=1S/C29H35F2N7O4/c1-7-38(28(40)42-29(3,4)5)17-8-10-36(11-9-17)21-12-19(30)22(24-18(21)13-32-35-24)27(39)34-20-15-37-14-16(2)33-26(37)23(31)25(20)41-6/h12-15,17H,7-11H2,1-6H3,(H,32,35)(H,34,39). The fourth-order valence-corrected chi connectivity index (χ4v) is 5.49. The van der Waals surface area contributed by atoms with E-state index in [0.29, 0.717) is 49.2 Å². The maximum atomic E-state index is 15.7. The first-order chi connectivity index (χ1) is 19.9. The molecule has 5 rings (SSSR count). The number of piperidine rings is 1. The highest BCUT2D eigenvalue weighted by Crippen LogP contribution is 2.35. The molecule has 11 nitrogen and oxygen atoms in total. The lowest BCUT2D eigenvalue weighted by Gasteiger charge is -2.39. The number of aromatic nitrogens is 4. The third kappa shape index (κ3) is 5.42. The molecule has 42 heavy (non-hydrogen) atoms. The number of hydrogen-bond acceptors (Lipinski definition) is 7. The molecule has 1 aromatic carbocycles. The Morgan fingerprint density at radius 1 is 1.21 bits per heavy atom. The second-order valence-electron chi connectivity index (χ2n) is 11.4. The quantitative estimate of drug-likeness (QED) is 0.317. The molecule has 0 atom stereocenters. The van der Waals surface area contributed by atoms with E-state index in [4.69, 9.17) is 9.47 Å². The number of carbonyl (C=O) groups excluding carboxylic acids is 2. The average Bonchev–Trinajstić information content (AvgIpc) is 3.54. The molecule has 4 aromatic rings. The molecule has 1 fully saturated rings. The Bertz CT molecular complexity index is 1650. The van der Waals surface area contributed by atoms with E-state index in [2.05, 4.69) is 20.5 Å². The highest BCUT2D eigenvalue weighted by Gasteiger charge is 2.32. The monoisotopic (exact) mass is 583 g/mol. The fraction of sp³-hybridized carbons (Fsp3) is 0.448. The van der Waals surface area contributed by atoms with Crippen LogP contribution in [0.25, 0.3) is 16.6 Å². The number of aromatic amines is 1. The van der Waals surface area contributed by atoms with Gasteiger partial charge in [-0.25, -0.2) is 14.2 Å². The van der Waals surface area contributed by atoms with Crippen molar-refractivity contribution in [2.45, 2.75) is 59.1 Å². The number of carbonyl (C=O) groups is 2. The third-order valence-corrected chi connectivity index (χ3v) is 7.32. The number of nitrogens with zero attached hydrogens (tertiary/aromatic N) is 5. The second kappa shape index (κ2) is 11.1. The van der Waals surface area contributed by atoms with Crippen LogP contribution >= 0.6 is 0 Å². The van der Waals surface area contributed by atoms with Crippen molar-refractivity contribution in [3.63, 3.8) is 0 Å². The first kappa shape index (κ1) is 29.1. The number of ether oxygens (including phenoxy) is 2. The van der Waals surface area contributed by atoms with E-state index >= 15 is 8.78 Å². The van der Waals surface area contributed by atoms with E-state index in [0.717, 1.165) is 0 Å². The number of benzene rings is 1. The molecule has 0 bridgehead atoms. The zero-order valence-electron chi connectivity index (χ0n) is 24.5. The summed E-state index contributed by atoms with van der Waals surface area (Å²) in [6.45, 7) is 10.8. The van der Waals surface area contributed by atoms with Gasteiger partial charge in [0.05, 0.1) is 30.2 Å². The number of amides is 2. The van der Waals surface area contributed by atoms with Gasteiger partial charge in [-0.1, -0.05) is 0 Å². The lowest BCUT2D eigenvalue weighted by atomic mass is 10.0. The van der Waals surface area contributed by atoms with E-state index < -0.39 is 23.1 Å². The van der Waals surface area contributed by atoms with Crippen molar-refractivity contribution < 1.29 is 27.8 Å². The first-order valence-electron chi connectivity index (χ1n) is 13.8. The Labute approximate surface area is 241 Å². The summed E-state index contributed by atoms with van der Waals surface area (Å²) in [5.74, 6) is -2.52. The minimum atomic E-state index is -0.795. The van der Waals surface area contributed by atoms with Crippen LogP contribution in [0.2, 0.25) is 0 Å². The van der Waals surface area contributed by atoms with Crippen LogP contribution in [0.5, 0.6) is 5.75 Å². The first-order valence-corrected chi connectivity index (χ1v) is 13.8. The molecule has 3 aromatic heterocycles. The van der Waals surface area contributed by atoms with Crippen LogP contribution in [-0.2, 0) is 4.74 Å². The van der Waals surface area contributed by atoms with Crippen LogP contribution in [0.3, 0.4) is 0 Å². The summed E-state index contributed by atoms with van der Waals surface area (Å²) in [6, 6.07) is 1.31. The zero-order chi connectivity index (χ0) is 30.3. The molecule has 2 amide bonds. The predicted octanol–water partition coefficient (Wildman–Crippen LogP) is 5.28. The van der Waals surface area contributed by atoms with Gasteiger partial charge in [0.15, 0.2) is 11.4 Å². The van der Waals surface area contributed by atoms with Crippen LogP contribution in [-0.4, -0.2) is 74.9 Å². The van der Waals surface area contributed by atoms with E-state index in [1.165, 1.54) is 23.8 Å². The summed E-state index contributed by atoms with van der Waals surface area (Å²) in [5.41, 5.74) is 0.607. The molecule has 1 aliphatic rings. The van der Waals surface area contributed by atoms with Gasteiger partial charge in [-0.05, 0) is 53.5 Å². The van der Waals surface area contributed by atoms with E-state index in [1.54, 1.807) is 24.2 Å². The maximum Gasteiger partial charge on any atom is 0.410 e. The number of H-pyrrole nitrogens is 1. The number of halogens is 2. The van der Waals surface area contributed by atoms with Crippen molar-refractivity contribution in [1.82, 2.24) is 24.5 Å². The highest BCUT2D eigenvalue weighted by molar-refractivity contribution is 6.14. The summed E-state index contributed by atoms with van der Waals surface area (Å²) < 4.78 is 43.0. The van der Waals surface area contributed by atoms with E-state index in [1.807, 2.05) is 32.6 Å². The van der Waals surface area contributed by atoms with Crippen molar-refractivity contribution in [2.75, 3.05) is 37.0 Å². The van der Waals surface area contributed by atoms with Crippen LogP contribution in [0.15, 0.2) is 24.7 Å². The van der Waals surface area contributed by atoms with Crippen LogP contribution < -0.4 is 15.0 Å². The SMILES string of the molecule is CCN(C(=O)OC(C)(C)C)C1CCN(c2cc(F)c(C(=O)Nc3cn4cc(C)nc4c(F)c3OC)c3[nH]ncc23)CC1. The van der Waals surface area contributed by atoms with Crippen LogP contribution in [0, 0.1) is 18.6 Å². The summed E-state index contributed by atoms with van der Waals surface area (Å²) in [4.78, 5) is 34.0. The number of nitrogens with one attached hydrogen (secondary N) is 2. The molecular weight excluding hydrogens is 548 g/mol. The molecule has 0 radical (unpaired) electrons. The van der Waals surface area contributed by atoms with Gasteiger partial charge in [0, 0.05) is 43.5 Å². The molecular formula is C29H35F2N7O4. The number of pyridine rings is 1. The van der Waals surface area contributed by atoms with Gasteiger partial charge in [0.1, 0.15) is 22.7 Å². The van der Waals surface area contributed by atoms with Gasteiger partial charge < -0.3 is 29.0 Å². The average molecular weight is 584 g/mol. The molecule has 2 N–H and O–H groups in total. The summed E-state index contributed by atoms with van der Waals surface area (Å²) >= 11 is 0. The topological polar surface area (TPSA) is 117 Å². The number of fused-ring (bicyclic) bond motifs is 2. The van der Waals surface area contributed by atoms with Gasteiger partial charge in [-0.2, -0.15) is 9.49 Å². The molecule has 1 saturated heterocycles. The predicted molar refractivity (Wildman–Crippen MR) is 154 cm³/mol. The largest absolute Gasteiger partial charge is 0.491 e. The molecule has 224 valence electrons. The molecule has 0 saturated carbocycles. The third-order valence-electron chi connectivity index (χ3n) is 7.32. The lowest BCUT2D eigenvalue weighted by molar-refractivity contribution is 0.0149. The smallest absolute Gasteiger partial charge is 0.410 e. The molecule has 0 aliphatic carbocycles. The summed E-state index contributed by atoms with van der Waals surface area (Å²) in [7, 11) is 1.28. The number of anilines is 2. The number of hydrogen-bond donors (Lipinski definition) is 2. The Balaban J connectivity index is 1.39. The molecule has 1 aliphatic heterocycles. The van der Waals surface area contributed by atoms with Gasteiger partial charge in [-0.3, -0.25) is 9.89 Å². The molecule has 0 unspecified atom stereocenters. The fourth-order valence-electron chi connectivity index (χ4n) is 5.49. The van der Waals surface area contributed by atoms with Crippen molar-refractivity contribution in [3.8, 4) is 5.75 Å². The Hall–Kier alpha value is -4.42. The van der Waals surface area contributed by atoms with Crippen molar-refractivity contribution in [2.24, 2.45) is 0 Å². The normalized spacial score (nSPS) is 14.4. The molecule has 4 heterocycles. The van der Waals surface area contributed by atoms with E-state index in [-0.39, 0.29) is 40.3 Å². The van der Waals surface area contributed by atoms with Crippen molar-refractivity contribution in [3.05, 3.63) is 47.5 Å². The Morgan fingerprint density at radius 3 is 2.57 bits per heavy atom. The van der Waals surface area contributed by atoms with E-state index in [9.17, 15) is 9.59 Å². The Morgan fingerprint density at radius 2 is 1.93 bits per heavy atom. The van der Waals surface area contributed by atoms with Crippen molar-refractivity contribution in [1.29, 1.82) is 0 Å². The minimum Gasteiger partial charge on any atom is -0.491 e.